The summed E-state index contributed by atoms with van der Waals surface area (Å²) < 4.78 is 22.0. The van der Waals surface area contributed by atoms with Gasteiger partial charge in [-0.1, -0.05) is 29.5 Å². The van der Waals surface area contributed by atoms with Gasteiger partial charge in [-0.2, -0.15) is 0 Å². The lowest BCUT2D eigenvalue weighted by atomic mass is 9.52. The molecule has 0 spiro atoms. The quantitative estimate of drug-likeness (QED) is 0.615. The van der Waals surface area contributed by atoms with Crippen LogP contribution in [0.1, 0.15) is 49.7 Å². The van der Waals surface area contributed by atoms with Crippen LogP contribution in [0.2, 0.25) is 0 Å². The molecule has 1 aromatic carbocycles. The second kappa shape index (κ2) is 6.45. The summed E-state index contributed by atoms with van der Waals surface area (Å²) >= 11 is 2.18. The fraction of sp³-hybridized carbons (Fsp3) is 0.619. The van der Waals surface area contributed by atoms with Crippen LogP contribution in [0.15, 0.2) is 22.3 Å². The zero-order valence-corrected chi connectivity index (χ0v) is 17.4. The highest BCUT2D eigenvalue weighted by Crippen LogP contribution is 2.65. The number of aliphatic hydroxyl groups is 1. The third-order valence-corrected chi connectivity index (χ3v) is 7.96. The molecule has 0 aromatic heterocycles. The Hall–Kier alpha value is -0.660. The first-order chi connectivity index (χ1) is 12.3. The molecule has 0 radical (unpaired) electrons. The van der Waals surface area contributed by atoms with E-state index in [1.165, 1.54) is 6.07 Å². The van der Waals surface area contributed by atoms with Crippen LogP contribution in [0.25, 0.3) is 0 Å². The van der Waals surface area contributed by atoms with Crippen molar-refractivity contribution in [3.05, 3.63) is 39.2 Å². The van der Waals surface area contributed by atoms with Crippen LogP contribution in [-0.4, -0.2) is 29.0 Å². The summed E-state index contributed by atoms with van der Waals surface area (Å²) in [6.45, 7) is 2.20. The second-order valence-corrected chi connectivity index (χ2v) is 9.21. The Morgan fingerprint density at radius 2 is 2.12 bits per heavy atom. The first-order valence-corrected chi connectivity index (χ1v) is 10.6. The van der Waals surface area contributed by atoms with E-state index in [2.05, 4.69) is 29.5 Å². The van der Waals surface area contributed by atoms with E-state index in [-0.39, 0.29) is 23.2 Å². The highest BCUT2D eigenvalue weighted by molar-refractivity contribution is 14.1. The molecule has 3 aliphatic rings. The van der Waals surface area contributed by atoms with Gasteiger partial charge in [-0.3, -0.25) is 0 Å². The summed E-state index contributed by atoms with van der Waals surface area (Å²) in [7, 11) is 1.72. The number of aryl methyl sites for hydroxylation is 1. The zero-order chi connectivity index (χ0) is 18.7. The van der Waals surface area contributed by atoms with Gasteiger partial charge in [-0.05, 0) is 77.4 Å². The molecule has 0 bridgehead atoms. The molecule has 1 aromatic rings. The Bertz CT molecular complexity index is 751. The molecule has 0 saturated heterocycles. The molecule has 0 amide bonds. The topological polar surface area (TPSA) is 49.7 Å². The second-order valence-electron chi connectivity index (χ2n) is 8.49. The lowest BCUT2D eigenvalue weighted by Gasteiger charge is -2.55. The van der Waals surface area contributed by atoms with Gasteiger partial charge in [-0.25, -0.2) is 4.39 Å². The molecule has 26 heavy (non-hydrogen) atoms. The molecule has 4 rings (SSSR count). The Balaban J connectivity index is 1.79. The number of benzene rings is 1. The van der Waals surface area contributed by atoms with Crippen molar-refractivity contribution >= 4 is 22.6 Å². The van der Waals surface area contributed by atoms with Crippen LogP contribution in [0.5, 0.6) is 5.75 Å². The molecular weight excluding hydrogens is 446 g/mol. The van der Waals surface area contributed by atoms with E-state index in [1.54, 1.807) is 13.2 Å². The molecule has 5 heteroatoms. The van der Waals surface area contributed by atoms with E-state index < -0.39 is 11.4 Å². The largest absolute Gasteiger partial charge is 0.505 e. The molecule has 3 aliphatic carbocycles. The summed E-state index contributed by atoms with van der Waals surface area (Å²) in [5, 5.41) is 21.2. The molecule has 3 nitrogen and oxygen atoms in total. The van der Waals surface area contributed by atoms with Gasteiger partial charge in [0.2, 0.25) is 0 Å². The van der Waals surface area contributed by atoms with Crippen molar-refractivity contribution in [2.45, 2.75) is 56.7 Å². The number of phenolic OH excluding ortho intramolecular Hbond substituents is 1. The maximum absolute atomic E-state index is 14.1. The van der Waals surface area contributed by atoms with E-state index >= 15 is 0 Å². The maximum atomic E-state index is 14.1. The highest BCUT2D eigenvalue weighted by Gasteiger charge is 2.63. The number of rotatable bonds is 2. The number of fused-ring (bicyclic) bond motifs is 5. The zero-order valence-electron chi connectivity index (χ0n) is 15.2. The predicted molar refractivity (Wildman–Crippen MR) is 107 cm³/mol. The van der Waals surface area contributed by atoms with Crippen LogP contribution in [0.4, 0.5) is 4.39 Å². The van der Waals surface area contributed by atoms with Crippen molar-refractivity contribution < 1.29 is 19.3 Å². The number of halogens is 2. The van der Waals surface area contributed by atoms with E-state index in [0.29, 0.717) is 11.8 Å². The predicted octanol–water partition coefficient (Wildman–Crippen LogP) is 4.69. The molecule has 6 atom stereocenters. The van der Waals surface area contributed by atoms with Gasteiger partial charge in [0.1, 0.15) is 0 Å². The number of aromatic hydroxyl groups is 1. The average Bonchev–Trinajstić information content (AvgIpc) is 2.86. The van der Waals surface area contributed by atoms with Crippen molar-refractivity contribution in [2.24, 2.45) is 17.3 Å². The summed E-state index contributed by atoms with van der Waals surface area (Å²) in [6, 6.07) is 3.10. The summed E-state index contributed by atoms with van der Waals surface area (Å²) in [5.41, 5.74) is 0.992. The lowest BCUT2D eigenvalue weighted by molar-refractivity contribution is -0.120. The van der Waals surface area contributed by atoms with Crippen molar-refractivity contribution in [3.63, 3.8) is 0 Å². The fourth-order valence-electron chi connectivity index (χ4n) is 6.28. The first kappa shape index (κ1) is 18.7. The molecule has 2 saturated carbocycles. The smallest absolute Gasteiger partial charge is 0.165 e. The Morgan fingerprint density at radius 3 is 2.81 bits per heavy atom. The van der Waals surface area contributed by atoms with Gasteiger partial charge in [0, 0.05) is 18.4 Å². The molecule has 2 N–H and O–H groups in total. The monoisotopic (exact) mass is 472 g/mol. The minimum absolute atomic E-state index is 0.0588. The van der Waals surface area contributed by atoms with Crippen LogP contribution >= 0.6 is 22.6 Å². The van der Waals surface area contributed by atoms with Crippen LogP contribution in [-0.2, 0) is 11.2 Å². The lowest BCUT2D eigenvalue weighted by Crippen LogP contribution is -2.54. The molecule has 0 heterocycles. The SMILES string of the molecule is CO[C@H]1C[C@@]2(C)[C@@H](CC[C@@]2(O)/C=C/I)[C@@H]2CCc3cc(O)c(F)cc3[C@H]21. The maximum Gasteiger partial charge on any atom is 0.165 e. The highest BCUT2D eigenvalue weighted by atomic mass is 127. The Morgan fingerprint density at radius 1 is 1.35 bits per heavy atom. The fourth-order valence-corrected chi connectivity index (χ4v) is 6.87. The third-order valence-electron chi connectivity index (χ3n) is 7.60. The summed E-state index contributed by atoms with van der Waals surface area (Å²) in [6.07, 6.45) is 6.24. The van der Waals surface area contributed by atoms with Crippen molar-refractivity contribution in [1.29, 1.82) is 0 Å². The average molecular weight is 472 g/mol. The van der Waals surface area contributed by atoms with Crippen molar-refractivity contribution in [1.82, 2.24) is 0 Å². The summed E-state index contributed by atoms with van der Waals surface area (Å²) in [5.74, 6) is 0.0683. The third kappa shape index (κ3) is 2.49. The van der Waals surface area contributed by atoms with Gasteiger partial charge in [-0.15, -0.1) is 0 Å². The van der Waals surface area contributed by atoms with E-state index in [4.69, 9.17) is 4.74 Å². The number of hydrogen-bond acceptors (Lipinski definition) is 3. The minimum atomic E-state index is -0.804. The molecule has 2 fully saturated rings. The van der Waals surface area contributed by atoms with Crippen molar-refractivity contribution in [2.75, 3.05) is 7.11 Å². The first-order valence-electron chi connectivity index (χ1n) is 9.39. The molecular formula is C21H26FIO3. The van der Waals surface area contributed by atoms with Crippen LogP contribution in [0.3, 0.4) is 0 Å². The Labute approximate surface area is 167 Å². The molecule has 142 valence electrons. The number of phenols is 1. The standard InChI is InChI=1S/C21H26FIO3/c1-20-11-18(26-2)19-13(15(20)5-6-21(20,25)7-8-23)4-3-12-9-17(24)16(22)10-14(12)19/h7-10,13,15,18-19,24-25H,3-6,11H2,1-2H3/b8-7+/t13-,15-,18-,19-,20-,21+/m0/s1. The Kier molecular flexibility index (Phi) is 4.64. The van der Waals surface area contributed by atoms with Gasteiger partial charge in [0.25, 0.3) is 0 Å². The van der Waals surface area contributed by atoms with Crippen molar-refractivity contribution in [3.8, 4) is 5.75 Å². The van der Waals surface area contributed by atoms with Gasteiger partial charge in [0.05, 0.1) is 11.7 Å². The van der Waals surface area contributed by atoms with E-state index in [1.807, 2.05) is 10.2 Å². The van der Waals surface area contributed by atoms with Gasteiger partial charge in [0.15, 0.2) is 11.6 Å². The summed E-state index contributed by atoms with van der Waals surface area (Å²) in [4.78, 5) is 0. The van der Waals surface area contributed by atoms with Crippen LogP contribution < -0.4 is 0 Å². The van der Waals surface area contributed by atoms with Gasteiger partial charge >= 0.3 is 0 Å². The molecule has 0 aliphatic heterocycles. The number of methoxy groups -OCH3 is 1. The normalized spacial score (nSPS) is 41.7. The molecule has 0 unspecified atom stereocenters. The van der Waals surface area contributed by atoms with E-state index in [9.17, 15) is 14.6 Å². The minimum Gasteiger partial charge on any atom is -0.505 e. The number of hydrogen-bond donors (Lipinski definition) is 2. The number of ether oxygens (including phenoxy) is 1. The van der Waals surface area contributed by atoms with E-state index in [0.717, 1.165) is 43.2 Å². The van der Waals surface area contributed by atoms with Crippen LogP contribution in [0, 0.1) is 23.1 Å². The van der Waals surface area contributed by atoms with Gasteiger partial charge < -0.3 is 14.9 Å².